The molecule has 5 heteroatoms. The molecule has 21 heavy (non-hydrogen) atoms. The zero-order valence-electron chi connectivity index (χ0n) is 12.6. The molecule has 0 aromatic carbocycles. The lowest BCUT2D eigenvalue weighted by atomic mass is 9.80. The molecule has 0 saturated carbocycles. The van der Waals surface area contributed by atoms with Crippen LogP contribution in [0.5, 0.6) is 0 Å². The molecule has 1 amide bonds. The number of aromatic nitrogens is 1. The molecule has 114 valence electrons. The van der Waals surface area contributed by atoms with E-state index in [0.717, 1.165) is 52.2 Å². The molecule has 3 rings (SSSR count). The summed E-state index contributed by atoms with van der Waals surface area (Å²) in [6.45, 7) is 5.13. The smallest absolute Gasteiger partial charge is 0.255 e. The maximum Gasteiger partial charge on any atom is 0.255 e. The van der Waals surface area contributed by atoms with E-state index in [2.05, 4.69) is 16.9 Å². The van der Waals surface area contributed by atoms with Crippen molar-refractivity contribution in [2.24, 2.45) is 5.41 Å². The number of carbonyl (C=O) groups excluding carboxylic acids is 1. The van der Waals surface area contributed by atoms with E-state index in [1.807, 2.05) is 17.0 Å². The predicted octanol–water partition coefficient (Wildman–Crippen LogP) is 1.27. The number of hydrogen-bond acceptors (Lipinski definition) is 4. The van der Waals surface area contributed by atoms with Crippen LogP contribution in [0.1, 0.15) is 23.2 Å². The van der Waals surface area contributed by atoms with E-state index in [1.54, 1.807) is 12.4 Å². The van der Waals surface area contributed by atoms with Crippen molar-refractivity contribution in [3.63, 3.8) is 0 Å². The Morgan fingerprint density at radius 1 is 1.38 bits per heavy atom. The summed E-state index contributed by atoms with van der Waals surface area (Å²) in [7, 11) is 2.14. The fourth-order valence-corrected chi connectivity index (χ4v) is 3.51. The van der Waals surface area contributed by atoms with Crippen molar-refractivity contribution in [2.75, 3.05) is 46.4 Å². The first kappa shape index (κ1) is 14.5. The van der Waals surface area contributed by atoms with Gasteiger partial charge in [-0.1, -0.05) is 0 Å². The molecule has 2 aliphatic rings. The number of ether oxygens (including phenoxy) is 1. The second kappa shape index (κ2) is 6.12. The molecule has 0 unspecified atom stereocenters. The first-order valence-electron chi connectivity index (χ1n) is 7.64. The Morgan fingerprint density at radius 3 is 3.10 bits per heavy atom. The van der Waals surface area contributed by atoms with Gasteiger partial charge in [-0.05, 0) is 32.0 Å². The van der Waals surface area contributed by atoms with Crippen LogP contribution in [-0.2, 0) is 4.74 Å². The molecule has 2 aliphatic heterocycles. The Hall–Kier alpha value is -1.46. The number of hydrogen-bond donors (Lipinski definition) is 0. The van der Waals surface area contributed by atoms with Crippen LogP contribution >= 0.6 is 0 Å². The van der Waals surface area contributed by atoms with Crippen LogP contribution < -0.4 is 0 Å². The SMILES string of the molecule is CN1CCOC[C@@]2(CCCN(C(=O)c3cccnc3)C2)C1. The molecule has 2 fully saturated rings. The fourth-order valence-electron chi connectivity index (χ4n) is 3.51. The summed E-state index contributed by atoms with van der Waals surface area (Å²) in [6.07, 6.45) is 5.53. The van der Waals surface area contributed by atoms with Gasteiger partial charge in [-0.2, -0.15) is 0 Å². The molecule has 1 aromatic rings. The van der Waals surface area contributed by atoms with Crippen molar-refractivity contribution < 1.29 is 9.53 Å². The van der Waals surface area contributed by atoms with Crippen molar-refractivity contribution in [1.82, 2.24) is 14.8 Å². The van der Waals surface area contributed by atoms with Crippen LogP contribution in [0.4, 0.5) is 0 Å². The second-order valence-corrected chi connectivity index (χ2v) is 6.36. The van der Waals surface area contributed by atoms with E-state index >= 15 is 0 Å². The molecule has 1 atom stereocenters. The quantitative estimate of drug-likeness (QED) is 0.781. The Kier molecular flexibility index (Phi) is 4.22. The summed E-state index contributed by atoms with van der Waals surface area (Å²) >= 11 is 0. The molecule has 1 aromatic heterocycles. The van der Waals surface area contributed by atoms with Crippen molar-refractivity contribution in [1.29, 1.82) is 0 Å². The van der Waals surface area contributed by atoms with Gasteiger partial charge in [-0.3, -0.25) is 9.78 Å². The average Bonchev–Trinajstić information content (AvgIpc) is 2.69. The van der Waals surface area contributed by atoms with Gasteiger partial charge < -0.3 is 14.5 Å². The number of piperidine rings is 1. The Balaban J connectivity index is 1.74. The molecular weight excluding hydrogens is 266 g/mol. The number of likely N-dealkylation sites (tertiary alicyclic amines) is 1. The Bertz CT molecular complexity index is 494. The van der Waals surface area contributed by atoms with Crippen LogP contribution in [0, 0.1) is 5.41 Å². The third-order valence-corrected chi connectivity index (χ3v) is 4.49. The number of pyridine rings is 1. The van der Waals surface area contributed by atoms with Gasteiger partial charge in [0.2, 0.25) is 0 Å². The zero-order valence-corrected chi connectivity index (χ0v) is 12.6. The monoisotopic (exact) mass is 289 g/mol. The third kappa shape index (κ3) is 3.24. The van der Waals surface area contributed by atoms with Gasteiger partial charge in [0, 0.05) is 44.0 Å². The number of rotatable bonds is 1. The number of likely N-dealkylation sites (N-methyl/N-ethyl adjacent to an activating group) is 1. The van der Waals surface area contributed by atoms with E-state index < -0.39 is 0 Å². The minimum absolute atomic E-state index is 0.0847. The van der Waals surface area contributed by atoms with Gasteiger partial charge in [0.05, 0.1) is 18.8 Å². The van der Waals surface area contributed by atoms with Crippen molar-refractivity contribution in [3.8, 4) is 0 Å². The normalized spacial score (nSPS) is 27.6. The highest BCUT2D eigenvalue weighted by Gasteiger charge is 2.39. The first-order chi connectivity index (χ1) is 10.2. The lowest BCUT2D eigenvalue weighted by Gasteiger charge is -2.43. The van der Waals surface area contributed by atoms with Gasteiger partial charge in [0.1, 0.15) is 0 Å². The molecule has 0 aliphatic carbocycles. The van der Waals surface area contributed by atoms with E-state index in [1.165, 1.54) is 0 Å². The Morgan fingerprint density at radius 2 is 2.29 bits per heavy atom. The van der Waals surface area contributed by atoms with E-state index in [0.29, 0.717) is 5.56 Å². The Labute approximate surface area is 125 Å². The first-order valence-corrected chi connectivity index (χ1v) is 7.64. The summed E-state index contributed by atoms with van der Waals surface area (Å²) in [6, 6.07) is 3.65. The van der Waals surface area contributed by atoms with Gasteiger partial charge in [-0.15, -0.1) is 0 Å². The summed E-state index contributed by atoms with van der Waals surface area (Å²) in [5.41, 5.74) is 0.763. The molecule has 0 radical (unpaired) electrons. The summed E-state index contributed by atoms with van der Waals surface area (Å²) in [5.74, 6) is 0.0917. The summed E-state index contributed by atoms with van der Waals surface area (Å²) < 4.78 is 5.80. The van der Waals surface area contributed by atoms with Crippen molar-refractivity contribution in [3.05, 3.63) is 30.1 Å². The van der Waals surface area contributed by atoms with Gasteiger partial charge in [0.25, 0.3) is 5.91 Å². The fraction of sp³-hybridized carbons (Fsp3) is 0.625. The summed E-state index contributed by atoms with van der Waals surface area (Å²) in [4.78, 5) is 21.0. The minimum atomic E-state index is 0.0847. The van der Waals surface area contributed by atoms with Gasteiger partial charge >= 0.3 is 0 Å². The van der Waals surface area contributed by atoms with Crippen LogP contribution in [0.3, 0.4) is 0 Å². The van der Waals surface area contributed by atoms with E-state index in [4.69, 9.17) is 4.74 Å². The van der Waals surface area contributed by atoms with E-state index in [9.17, 15) is 4.79 Å². The van der Waals surface area contributed by atoms with Crippen LogP contribution in [0.15, 0.2) is 24.5 Å². The standard InChI is InChI=1S/C16H23N3O2/c1-18-8-9-21-13-16(11-18)5-3-7-19(12-16)15(20)14-4-2-6-17-10-14/h2,4,6,10H,3,5,7-9,11-13H2,1H3/t16-/m0/s1. The number of carbonyl (C=O) groups is 1. The molecule has 1 spiro atoms. The molecule has 2 saturated heterocycles. The van der Waals surface area contributed by atoms with Crippen molar-refractivity contribution in [2.45, 2.75) is 12.8 Å². The average molecular weight is 289 g/mol. The van der Waals surface area contributed by atoms with Gasteiger partial charge in [0.15, 0.2) is 0 Å². The highest BCUT2D eigenvalue weighted by molar-refractivity contribution is 5.93. The third-order valence-electron chi connectivity index (χ3n) is 4.49. The minimum Gasteiger partial charge on any atom is -0.379 e. The zero-order chi connectivity index (χ0) is 14.7. The van der Waals surface area contributed by atoms with E-state index in [-0.39, 0.29) is 11.3 Å². The molecule has 0 bridgehead atoms. The second-order valence-electron chi connectivity index (χ2n) is 6.36. The van der Waals surface area contributed by atoms with Crippen LogP contribution in [0.25, 0.3) is 0 Å². The maximum absolute atomic E-state index is 12.6. The number of amides is 1. The molecular formula is C16H23N3O2. The highest BCUT2D eigenvalue weighted by Crippen LogP contribution is 2.33. The van der Waals surface area contributed by atoms with Gasteiger partial charge in [-0.25, -0.2) is 0 Å². The molecule has 5 nitrogen and oxygen atoms in total. The lowest BCUT2D eigenvalue weighted by molar-refractivity contribution is 0.00859. The summed E-state index contributed by atoms with van der Waals surface area (Å²) in [5, 5.41) is 0. The molecule has 0 N–H and O–H groups in total. The maximum atomic E-state index is 12.6. The topological polar surface area (TPSA) is 45.7 Å². The van der Waals surface area contributed by atoms with Crippen LogP contribution in [-0.4, -0.2) is 67.1 Å². The predicted molar refractivity (Wildman–Crippen MR) is 80.1 cm³/mol. The number of nitrogens with zero attached hydrogens (tertiary/aromatic N) is 3. The lowest BCUT2D eigenvalue weighted by Crippen LogP contribution is -2.51. The highest BCUT2D eigenvalue weighted by atomic mass is 16.5. The van der Waals surface area contributed by atoms with Crippen molar-refractivity contribution >= 4 is 5.91 Å². The largest absolute Gasteiger partial charge is 0.379 e. The van der Waals surface area contributed by atoms with Crippen LogP contribution in [0.2, 0.25) is 0 Å². The molecule has 3 heterocycles.